The Kier molecular flexibility index (Phi) is 4.68. The molecule has 5 rings (SSSR count). The SMILES string of the molecule is Cc1noc(C)c1-c1cccc(C[C@@H]2CCN(Cc3c[nH]c4ccccc34)C2)n1. The lowest BCUT2D eigenvalue weighted by atomic mass is 10.0. The van der Waals surface area contributed by atoms with Crippen molar-refractivity contribution in [2.45, 2.75) is 33.2 Å². The van der Waals surface area contributed by atoms with Gasteiger partial charge in [0.2, 0.25) is 0 Å². The summed E-state index contributed by atoms with van der Waals surface area (Å²) in [6, 6.07) is 14.8. The van der Waals surface area contributed by atoms with E-state index in [0.717, 1.165) is 54.5 Å². The van der Waals surface area contributed by atoms with E-state index in [1.165, 1.54) is 22.9 Å². The Labute approximate surface area is 170 Å². The second-order valence-corrected chi connectivity index (χ2v) is 8.17. The molecular formula is C24H26N4O. The number of aromatic nitrogens is 3. The van der Waals surface area contributed by atoms with Crippen molar-refractivity contribution in [2.75, 3.05) is 13.1 Å². The van der Waals surface area contributed by atoms with Crippen molar-refractivity contribution >= 4 is 10.9 Å². The van der Waals surface area contributed by atoms with Crippen LogP contribution in [0.15, 0.2) is 53.2 Å². The van der Waals surface area contributed by atoms with Crippen LogP contribution >= 0.6 is 0 Å². The molecule has 0 spiro atoms. The fraction of sp³-hybridized carbons (Fsp3) is 0.333. The van der Waals surface area contributed by atoms with Gasteiger partial charge in [0.05, 0.1) is 17.0 Å². The van der Waals surface area contributed by atoms with E-state index >= 15 is 0 Å². The minimum absolute atomic E-state index is 0.646. The Morgan fingerprint density at radius 1 is 1.14 bits per heavy atom. The molecule has 0 radical (unpaired) electrons. The molecule has 1 aliphatic rings. The molecule has 3 aromatic heterocycles. The van der Waals surface area contributed by atoms with Crippen molar-refractivity contribution in [3.8, 4) is 11.3 Å². The number of fused-ring (bicyclic) bond motifs is 1. The number of hydrogen-bond acceptors (Lipinski definition) is 4. The van der Waals surface area contributed by atoms with E-state index in [-0.39, 0.29) is 0 Å². The molecule has 0 aliphatic carbocycles. The molecular weight excluding hydrogens is 360 g/mol. The number of rotatable bonds is 5. The van der Waals surface area contributed by atoms with Crippen LogP contribution in [-0.2, 0) is 13.0 Å². The van der Waals surface area contributed by atoms with Crippen molar-refractivity contribution in [3.63, 3.8) is 0 Å². The predicted molar refractivity (Wildman–Crippen MR) is 115 cm³/mol. The lowest BCUT2D eigenvalue weighted by Crippen LogP contribution is -2.20. The largest absolute Gasteiger partial charge is 0.361 e. The molecule has 5 nitrogen and oxygen atoms in total. The third-order valence-electron chi connectivity index (χ3n) is 6.03. The fourth-order valence-electron chi connectivity index (χ4n) is 4.60. The molecule has 0 bridgehead atoms. The number of aryl methyl sites for hydroxylation is 2. The first-order valence-corrected chi connectivity index (χ1v) is 10.3. The molecule has 1 saturated heterocycles. The van der Waals surface area contributed by atoms with Gasteiger partial charge in [-0.1, -0.05) is 29.4 Å². The van der Waals surface area contributed by atoms with Crippen molar-refractivity contribution < 1.29 is 4.52 Å². The summed E-state index contributed by atoms with van der Waals surface area (Å²) in [4.78, 5) is 10.9. The first-order valence-electron chi connectivity index (χ1n) is 10.3. The maximum absolute atomic E-state index is 5.32. The highest BCUT2D eigenvalue weighted by molar-refractivity contribution is 5.82. The van der Waals surface area contributed by atoms with Crippen LogP contribution in [0.25, 0.3) is 22.2 Å². The maximum Gasteiger partial charge on any atom is 0.143 e. The molecule has 1 aromatic carbocycles. The Balaban J connectivity index is 1.26. The van der Waals surface area contributed by atoms with Gasteiger partial charge in [-0.3, -0.25) is 9.88 Å². The highest BCUT2D eigenvalue weighted by Gasteiger charge is 2.24. The van der Waals surface area contributed by atoms with Crippen molar-refractivity contribution in [1.29, 1.82) is 0 Å². The topological polar surface area (TPSA) is 58.0 Å². The number of benzene rings is 1. The zero-order chi connectivity index (χ0) is 19.8. The third-order valence-corrected chi connectivity index (χ3v) is 6.03. The van der Waals surface area contributed by atoms with Crippen LogP contribution in [0, 0.1) is 19.8 Å². The molecule has 0 unspecified atom stereocenters. The molecule has 0 amide bonds. The van der Waals surface area contributed by atoms with Crippen LogP contribution in [-0.4, -0.2) is 33.1 Å². The van der Waals surface area contributed by atoms with Crippen molar-refractivity contribution in [2.24, 2.45) is 5.92 Å². The summed E-state index contributed by atoms with van der Waals surface area (Å²) in [7, 11) is 0. The standard InChI is InChI=1S/C24H26N4O/c1-16-24(17(2)29-27-16)23-9-5-6-20(26-23)12-18-10-11-28(14-18)15-19-13-25-22-8-4-3-7-21(19)22/h3-9,13,18,25H,10-12,14-15H2,1-2H3/t18-/m0/s1. The van der Waals surface area contributed by atoms with Gasteiger partial charge in [-0.25, -0.2) is 0 Å². The predicted octanol–water partition coefficient (Wildman–Crippen LogP) is 4.90. The van der Waals surface area contributed by atoms with E-state index in [0.29, 0.717) is 5.92 Å². The Morgan fingerprint density at radius 3 is 2.90 bits per heavy atom. The van der Waals surface area contributed by atoms with Crippen LogP contribution in [0.5, 0.6) is 0 Å². The Hall–Kier alpha value is -2.92. The van der Waals surface area contributed by atoms with E-state index in [1.807, 2.05) is 19.9 Å². The first kappa shape index (κ1) is 18.1. The number of H-pyrrole nitrogens is 1. The highest BCUT2D eigenvalue weighted by atomic mass is 16.5. The van der Waals surface area contributed by atoms with Crippen LogP contribution in [0.3, 0.4) is 0 Å². The monoisotopic (exact) mass is 386 g/mol. The summed E-state index contributed by atoms with van der Waals surface area (Å²) in [5.74, 6) is 1.48. The summed E-state index contributed by atoms with van der Waals surface area (Å²) >= 11 is 0. The van der Waals surface area contributed by atoms with Gasteiger partial charge in [-0.15, -0.1) is 0 Å². The first-order chi connectivity index (χ1) is 14.2. The average Bonchev–Trinajstić information content (AvgIpc) is 3.43. The fourth-order valence-corrected chi connectivity index (χ4v) is 4.60. The van der Waals surface area contributed by atoms with E-state index in [9.17, 15) is 0 Å². The second kappa shape index (κ2) is 7.48. The highest BCUT2D eigenvalue weighted by Crippen LogP contribution is 2.28. The van der Waals surface area contributed by atoms with E-state index in [2.05, 4.69) is 57.6 Å². The van der Waals surface area contributed by atoms with Crippen LogP contribution < -0.4 is 0 Å². The van der Waals surface area contributed by atoms with E-state index in [1.54, 1.807) is 0 Å². The van der Waals surface area contributed by atoms with Crippen LogP contribution in [0.2, 0.25) is 0 Å². The molecule has 29 heavy (non-hydrogen) atoms. The quantitative estimate of drug-likeness (QED) is 0.530. The zero-order valence-electron chi connectivity index (χ0n) is 17.0. The van der Waals surface area contributed by atoms with Crippen molar-refractivity contribution in [1.82, 2.24) is 20.0 Å². The third kappa shape index (κ3) is 3.58. The minimum Gasteiger partial charge on any atom is -0.361 e. The van der Waals surface area contributed by atoms with Gasteiger partial charge in [-0.05, 0) is 62.9 Å². The number of hydrogen-bond donors (Lipinski definition) is 1. The van der Waals surface area contributed by atoms with E-state index in [4.69, 9.17) is 9.51 Å². The summed E-state index contributed by atoms with van der Waals surface area (Å²) in [5.41, 5.74) is 6.66. The number of para-hydroxylation sites is 1. The normalized spacial score (nSPS) is 17.4. The molecule has 1 fully saturated rings. The lowest BCUT2D eigenvalue weighted by Gasteiger charge is -2.15. The van der Waals surface area contributed by atoms with Gasteiger partial charge in [0.1, 0.15) is 5.76 Å². The number of aromatic amines is 1. The number of nitrogens with zero attached hydrogens (tertiary/aromatic N) is 3. The Bertz CT molecular complexity index is 1120. The molecule has 1 aliphatic heterocycles. The Morgan fingerprint density at radius 2 is 2.03 bits per heavy atom. The molecule has 1 N–H and O–H groups in total. The number of pyridine rings is 1. The molecule has 148 valence electrons. The van der Waals surface area contributed by atoms with Crippen LogP contribution in [0.1, 0.15) is 29.1 Å². The van der Waals surface area contributed by atoms with Gasteiger partial charge >= 0.3 is 0 Å². The molecule has 0 saturated carbocycles. The summed E-state index contributed by atoms with van der Waals surface area (Å²) in [5, 5.41) is 5.41. The summed E-state index contributed by atoms with van der Waals surface area (Å²) < 4.78 is 5.32. The summed E-state index contributed by atoms with van der Waals surface area (Å²) in [6.07, 6.45) is 4.40. The molecule has 5 heteroatoms. The van der Waals surface area contributed by atoms with Gasteiger partial charge in [0.15, 0.2) is 0 Å². The van der Waals surface area contributed by atoms with Gasteiger partial charge in [0.25, 0.3) is 0 Å². The summed E-state index contributed by atoms with van der Waals surface area (Å²) in [6.45, 7) is 7.19. The average molecular weight is 386 g/mol. The zero-order valence-corrected chi connectivity index (χ0v) is 17.0. The molecule has 4 heterocycles. The van der Waals surface area contributed by atoms with E-state index < -0.39 is 0 Å². The van der Waals surface area contributed by atoms with Crippen LogP contribution in [0.4, 0.5) is 0 Å². The lowest BCUT2D eigenvalue weighted by molar-refractivity contribution is 0.317. The molecule has 4 aromatic rings. The second-order valence-electron chi connectivity index (χ2n) is 8.17. The smallest absolute Gasteiger partial charge is 0.143 e. The van der Waals surface area contributed by atoms with Gasteiger partial charge in [-0.2, -0.15) is 0 Å². The number of nitrogens with one attached hydrogen (secondary N) is 1. The van der Waals surface area contributed by atoms with Gasteiger partial charge < -0.3 is 9.51 Å². The molecule has 1 atom stereocenters. The maximum atomic E-state index is 5.32. The minimum atomic E-state index is 0.646. The van der Waals surface area contributed by atoms with Gasteiger partial charge in [0, 0.05) is 35.9 Å². The van der Waals surface area contributed by atoms with Crippen molar-refractivity contribution in [3.05, 3.63) is 71.4 Å². The number of likely N-dealkylation sites (tertiary alicyclic amines) is 1.